The summed E-state index contributed by atoms with van der Waals surface area (Å²) in [5.74, 6) is 0.150. The van der Waals surface area contributed by atoms with E-state index in [-0.39, 0.29) is 35.7 Å². The number of carbonyl (C=O) groups is 1. The lowest BCUT2D eigenvalue weighted by Crippen LogP contribution is -2.19. The van der Waals surface area contributed by atoms with E-state index in [1.165, 1.54) is 16.7 Å². The van der Waals surface area contributed by atoms with Crippen LogP contribution in [-0.4, -0.2) is 24.1 Å². The largest absolute Gasteiger partial charge is 0.442 e. The fourth-order valence-corrected chi connectivity index (χ4v) is 4.06. The molecule has 8 nitrogen and oxygen atoms in total. The van der Waals surface area contributed by atoms with Crippen LogP contribution in [0.15, 0.2) is 29.3 Å². The molecule has 142 valence electrons. The molecule has 0 atom stereocenters. The molecule has 0 bridgehead atoms. The summed E-state index contributed by atoms with van der Waals surface area (Å²) in [5, 5.41) is 0.263. The summed E-state index contributed by atoms with van der Waals surface area (Å²) in [6.07, 6.45) is -0.971. The van der Waals surface area contributed by atoms with Gasteiger partial charge in [0.25, 0.3) is 0 Å². The normalized spacial score (nSPS) is 11.6. The predicted octanol–water partition coefficient (Wildman–Crippen LogP) is 3.04. The highest BCUT2D eigenvalue weighted by Crippen LogP contribution is 2.29. The highest BCUT2D eigenvalue weighted by molar-refractivity contribution is 7.87. The fourth-order valence-electron chi connectivity index (χ4n) is 2.40. The summed E-state index contributed by atoms with van der Waals surface area (Å²) >= 11 is 5.88. The maximum Gasteiger partial charge on any atom is 0.404 e. The van der Waals surface area contributed by atoms with Crippen LogP contribution in [0.3, 0.4) is 0 Å². The number of hydrogen-bond donors (Lipinski definition) is 1. The van der Waals surface area contributed by atoms with E-state index in [9.17, 15) is 13.2 Å². The van der Waals surface area contributed by atoms with E-state index in [1.54, 1.807) is 32.9 Å². The average molecular weight is 402 g/mol. The molecule has 0 unspecified atom stereocenters. The van der Waals surface area contributed by atoms with Crippen molar-refractivity contribution in [1.82, 2.24) is 9.55 Å². The predicted molar refractivity (Wildman–Crippen MR) is 95.6 cm³/mol. The molecule has 26 heavy (non-hydrogen) atoms. The van der Waals surface area contributed by atoms with E-state index < -0.39 is 16.2 Å². The van der Waals surface area contributed by atoms with Gasteiger partial charge < -0.3 is 19.2 Å². The number of hydrogen-bond acceptors (Lipinski definition) is 6. The Kier molecular flexibility index (Phi) is 6.14. The van der Waals surface area contributed by atoms with Crippen LogP contribution in [0.25, 0.3) is 0 Å². The lowest BCUT2D eigenvalue weighted by atomic mass is 10.1. The first-order valence-electron chi connectivity index (χ1n) is 7.87. The molecule has 0 fully saturated rings. The second-order valence-corrected chi connectivity index (χ2v) is 7.62. The number of nitrogens with two attached hydrogens (primary N) is 1. The SMILES string of the molecule is CCn1c(COC(N)=O)nc(C(C)C)c1S(=O)(=O)Oc1cccc(Cl)c1. The Morgan fingerprint density at radius 1 is 1.38 bits per heavy atom. The summed E-state index contributed by atoms with van der Waals surface area (Å²) in [5.41, 5.74) is 5.30. The summed E-state index contributed by atoms with van der Waals surface area (Å²) in [6.45, 7) is 5.40. The molecule has 1 aromatic carbocycles. The van der Waals surface area contributed by atoms with Gasteiger partial charge in [0.2, 0.25) is 0 Å². The first-order valence-corrected chi connectivity index (χ1v) is 9.66. The molecule has 1 aromatic heterocycles. The van der Waals surface area contributed by atoms with E-state index in [0.29, 0.717) is 10.7 Å². The minimum atomic E-state index is -4.20. The van der Waals surface area contributed by atoms with Crippen molar-refractivity contribution in [2.24, 2.45) is 5.73 Å². The van der Waals surface area contributed by atoms with Crippen LogP contribution >= 0.6 is 11.6 Å². The van der Waals surface area contributed by atoms with Crippen molar-refractivity contribution in [2.45, 2.75) is 44.9 Å². The van der Waals surface area contributed by atoms with Gasteiger partial charge in [0.05, 0.1) is 5.69 Å². The average Bonchev–Trinajstić information content (AvgIpc) is 2.92. The number of ether oxygens (including phenoxy) is 1. The van der Waals surface area contributed by atoms with Gasteiger partial charge in [-0.3, -0.25) is 0 Å². The molecule has 0 radical (unpaired) electrons. The van der Waals surface area contributed by atoms with Gasteiger partial charge >= 0.3 is 16.2 Å². The fraction of sp³-hybridized carbons (Fsp3) is 0.375. The lowest BCUT2D eigenvalue weighted by molar-refractivity contribution is 0.145. The molecule has 2 rings (SSSR count). The Morgan fingerprint density at radius 2 is 2.08 bits per heavy atom. The molecule has 0 spiro atoms. The molecule has 0 aliphatic rings. The molecule has 1 amide bonds. The van der Waals surface area contributed by atoms with Crippen molar-refractivity contribution in [3.05, 3.63) is 40.8 Å². The van der Waals surface area contributed by atoms with Crippen LogP contribution in [0.4, 0.5) is 4.79 Å². The highest BCUT2D eigenvalue weighted by Gasteiger charge is 2.31. The number of benzene rings is 1. The van der Waals surface area contributed by atoms with Gasteiger partial charge in [-0.05, 0) is 25.0 Å². The van der Waals surface area contributed by atoms with Crippen molar-refractivity contribution in [1.29, 1.82) is 0 Å². The van der Waals surface area contributed by atoms with Gasteiger partial charge in [-0.2, -0.15) is 8.42 Å². The Hall–Kier alpha value is -2.26. The van der Waals surface area contributed by atoms with E-state index >= 15 is 0 Å². The zero-order chi connectivity index (χ0) is 19.5. The topological polar surface area (TPSA) is 114 Å². The Morgan fingerprint density at radius 3 is 2.62 bits per heavy atom. The molecule has 0 aliphatic heterocycles. The highest BCUT2D eigenvalue weighted by atomic mass is 35.5. The van der Waals surface area contributed by atoms with Crippen LogP contribution in [0, 0.1) is 0 Å². The second-order valence-electron chi connectivity index (χ2n) is 5.72. The standard InChI is InChI=1S/C16H20ClN3O5S/c1-4-20-13(9-24-16(18)21)19-14(10(2)3)15(20)26(22,23)25-12-7-5-6-11(17)8-12/h5-8,10H,4,9H2,1-3H3,(H2,18,21). The third-order valence-corrected chi connectivity index (χ3v) is 5.02. The van der Waals surface area contributed by atoms with Crippen molar-refractivity contribution < 1.29 is 22.1 Å². The molecular formula is C16H20ClN3O5S. The van der Waals surface area contributed by atoms with Crippen molar-refractivity contribution >= 4 is 27.8 Å². The van der Waals surface area contributed by atoms with Gasteiger partial charge in [-0.1, -0.05) is 31.5 Å². The summed E-state index contributed by atoms with van der Waals surface area (Å²) in [6, 6.07) is 6.08. The Labute approximate surface area is 157 Å². The first-order chi connectivity index (χ1) is 12.2. The van der Waals surface area contributed by atoms with Crippen LogP contribution < -0.4 is 9.92 Å². The number of halogens is 1. The van der Waals surface area contributed by atoms with Crippen LogP contribution in [0.2, 0.25) is 5.02 Å². The van der Waals surface area contributed by atoms with Crippen molar-refractivity contribution in [3.8, 4) is 5.75 Å². The van der Waals surface area contributed by atoms with Crippen LogP contribution in [0.5, 0.6) is 5.75 Å². The van der Waals surface area contributed by atoms with Crippen LogP contribution in [-0.2, 0) is 28.0 Å². The number of carbonyl (C=O) groups excluding carboxylic acids is 1. The van der Waals surface area contributed by atoms with Gasteiger partial charge in [-0.15, -0.1) is 0 Å². The molecular weight excluding hydrogens is 382 g/mol. The van der Waals surface area contributed by atoms with E-state index in [2.05, 4.69) is 4.98 Å². The Balaban J connectivity index is 2.52. The second kappa shape index (κ2) is 7.96. The number of nitrogens with zero attached hydrogens (tertiary/aromatic N) is 2. The minimum absolute atomic E-state index is 0.0851. The number of imidazole rings is 1. The first kappa shape index (κ1) is 20.1. The number of amides is 1. The maximum absolute atomic E-state index is 12.9. The van der Waals surface area contributed by atoms with Crippen LogP contribution in [0.1, 0.15) is 38.2 Å². The van der Waals surface area contributed by atoms with Gasteiger partial charge in [0.1, 0.15) is 11.6 Å². The number of primary amides is 1. The molecule has 0 saturated heterocycles. The molecule has 2 N–H and O–H groups in total. The van der Waals surface area contributed by atoms with E-state index in [0.717, 1.165) is 0 Å². The monoisotopic (exact) mass is 401 g/mol. The minimum Gasteiger partial charge on any atom is -0.442 e. The number of aromatic nitrogens is 2. The third-order valence-electron chi connectivity index (χ3n) is 3.47. The van der Waals surface area contributed by atoms with Crippen molar-refractivity contribution in [2.75, 3.05) is 0 Å². The molecule has 10 heteroatoms. The van der Waals surface area contributed by atoms with Crippen molar-refractivity contribution in [3.63, 3.8) is 0 Å². The summed E-state index contributed by atoms with van der Waals surface area (Å²) in [4.78, 5) is 15.2. The summed E-state index contributed by atoms with van der Waals surface area (Å²) < 4.78 is 37.3. The van der Waals surface area contributed by atoms with Gasteiger partial charge in [-0.25, -0.2) is 9.78 Å². The Bertz CT molecular complexity index is 909. The number of rotatable bonds is 7. The smallest absolute Gasteiger partial charge is 0.404 e. The van der Waals surface area contributed by atoms with Gasteiger partial charge in [0, 0.05) is 17.6 Å². The maximum atomic E-state index is 12.9. The molecule has 1 heterocycles. The van der Waals surface area contributed by atoms with Gasteiger partial charge in [0.15, 0.2) is 11.6 Å². The van der Waals surface area contributed by atoms with E-state index in [4.69, 9.17) is 26.3 Å². The molecule has 2 aromatic rings. The third kappa shape index (κ3) is 4.47. The zero-order valence-electron chi connectivity index (χ0n) is 14.6. The zero-order valence-corrected chi connectivity index (χ0v) is 16.2. The lowest BCUT2D eigenvalue weighted by Gasteiger charge is -2.13. The molecule has 0 aliphatic carbocycles. The van der Waals surface area contributed by atoms with E-state index in [1.807, 2.05) is 0 Å². The summed E-state index contributed by atoms with van der Waals surface area (Å²) in [7, 11) is -4.20. The molecule has 0 saturated carbocycles. The quantitative estimate of drug-likeness (QED) is 0.713.